The van der Waals surface area contributed by atoms with Crippen LogP contribution in [-0.2, 0) is 9.59 Å². The second-order valence-electron chi connectivity index (χ2n) is 6.23. The monoisotopic (exact) mass is 330 g/mol. The number of amides is 2. The second-order valence-corrected chi connectivity index (χ2v) is 6.23. The van der Waals surface area contributed by atoms with Gasteiger partial charge in [-0.3, -0.25) is 9.59 Å². The minimum atomic E-state index is -0.998. The standard InChI is InChI=1S/C18H22N2O4/c1-12(16-11-14-5-3-4-6-15(14)24-16)17(22)19-7-9-20(10-8-19)18(23)13(2)21/h3-6,11-13,21H,7-10H2,1-2H3. The van der Waals surface area contributed by atoms with E-state index in [-0.39, 0.29) is 17.7 Å². The first-order valence-electron chi connectivity index (χ1n) is 8.21. The zero-order valence-corrected chi connectivity index (χ0v) is 13.9. The average Bonchev–Trinajstić information content (AvgIpc) is 3.04. The molecule has 2 aromatic rings. The van der Waals surface area contributed by atoms with Gasteiger partial charge in [-0.1, -0.05) is 18.2 Å². The van der Waals surface area contributed by atoms with E-state index in [0.717, 1.165) is 11.0 Å². The number of hydrogen-bond acceptors (Lipinski definition) is 4. The van der Waals surface area contributed by atoms with Crippen molar-refractivity contribution < 1.29 is 19.1 Å². The predicted molar refractivity (Wildman–Crippen MR) is 89.5 cm³/mol. The van der Waals surface area contributed by atoms with Crippen molar-refractivity contribution in [2.45, 2.75) is 25.9 Å². The first-order valence-corrected chi connectivity index (χ1v) is 8.21. The maximum atomic E-state index is 12.7. The second kappa shape index (κ2) is 6.65. The Morgan fingerprint density at radius 3 is 2.21 bits per heavy atom. The summed E-state index contributed by atoms with van der Waals surface area (Å²) in [5.41, 5.74) is 0.777. The van der Waals surface area contributed by atoms with Crippen LogP contribution in [0.2, 0.25) is 0 Å². The molecule has 6 nitrogen and oxygen atoms in total. The maximum Gasteiger partial charge on any atom is 0.251 e. The molecule has 0 aliphatic carbocycles. The predicted octanol–water partition coefficient (Wildman–Crippen LogP) is 1.59. The van der Waals surface area contributed by atoms with E-state index in [2.05, 4.69) is 0 Å². The van der Waals surface area contributed by atoms with Gasteiger partial charge in [0.15, 0.2) is 0 Å². The van der Waals surface area contributed by atoms with E-state index >= 15 is 0 Å². The summed E-state index contributed by atoms with van der Waals surface area (Å²) in [6, 6.07) is 9.59. The molecule has 2 unspecified atom stereocenters. The normalized spacial score (nSPS) is 17.8. The SMILES string of the molecule is CC(O)C(=O)N1CCN(C(=O)C(C)c2cc3ccccc3o2)CC1. The first-order chi connectivity index (χ1) is 11.5. The lowest BCUT2D eigenvalue weighted by Crippen LogP contribution is -2.53. The fourth-order valence-electron chi connectivity index (χ4n) is 3.02. The number of nitrogens with zero attached hydrogens (tertiary/aromatic N) is 2. The molecule has 24 heavy (non-hydrogen) atoms. The Labute approximate surface area is 140 Å². The number of furan rings is 1. The van der Waals surface area contributed by atoms with Crippen molar-refractivity contribution in [1.29, 1.82) is 0 Å². The van der Waals surface area contributed by atoms with E-state index in [1.807, 2.05) is 37.3 Å². The van der Waals surface area contributed by atoms with Crippen molar-refractivity contribution in [1.82, 2.24) is 9.80 Å². The topological polar surface area (TPSA) is 74.0 Å². The van der Waals surface area contributed by atoms with Gasteiger partial charge in [0.1, 0.15) is 17.4 Å². The van der Waals surface area contributed by atoms with Crippen LogP contribution in [0, 0.1) is 0 Å². The van der Waals surface area contributed by atoms with E-state index < -0.39 is 6.10 Å². The number of aliphatic hydroxyl groups excluding tert-OH is 1. The van der Waals surface area contributed by atoms with Gasteiger partial charge in [-0.25, -0.2) is 0 Å². The zero-order valence-electron chi connectivity index (χ0n) is 13.9. The minimum Gasteiger partial charge on any atom is -0.460 e. The number of fused-ring (bicyclic) bond motifs is 1. The van der Waals surface area contributed by atoms with E-state index in [4.69, 9.17) is 4.42 Å². The van der Waals surface area contributed by atoms with Gasteiger partial charge in [-0.2, -0.15) is 0 Å². The molecule has 2 atom stereocenters. The van der Waals surface area contributed by atoms with Gasteiger partial charge in [0, 0.05) is 31.6 Å². The molecule has 0 radical (unpaired) electrons. The van der Waals surface area contributed by atoms with Crippen molar-refractivity contribution in [3.63, 3.8) is 0 Å². The van der Waals surface area contributed by atoms with Gasteiger partial charge in [-0.05, 0) is 26.0 Å². The van der Waals surface area contributed by atoms with Gasteiger partial charge in [0.25, 0.3) is 5.91 Å². The van der Waals surface area contributed by atoms with Crippen LogP contribution in [0.4, 0.5) is 0 Å². The third-order valence-corrected chi connectivity index (χ3v) is 4.50. The lowest BCUT2D eigenvalue weighted by atomic mass is 10.1. The molecular formula is C18H22N2O4. The smallest absolute Gasteiger partial charge is 0.251 e. The van der Waals surface area contributed by atoms with Crippen LogP contribution >= 0.6 is 0 Å². The molecule has 1 aliphatic rings. The molecule has 1 N–H and O–H groups in total. The van der Waals surface area contributed by atoms with Crippen LogP contribution in [0.25, 0.3) is 11.0 Å². The molecule has 1 aliphatic heterocycles. The number of piperazine rings is 1. The van der Waals surface area contributed by atoms with Crippen LogP contribution in [0.15, 0.2) is 34.7 Å². The van der Waals surface area contributed by atoms with Crippen LogP contribution in [-0.4, -0.2) is 59.0 Å². The molecule has 1 fully saturated rings. The van der Waals surface area contributed by atoms with E-state index in [1.54, 1.807) is 9.80 Å². The van der Waals surface area contributed by atoms with Crippen LogP contribution in [0.1, 0.15) is 25.5 Å². The van der Waals surface area contributed by atoms with E-state index in [9.17, 15) is 14.7 Å². The van der Waals surface area contributed by atoms with Crippen molar-refractivity contribution in [2.24, 2.45) is 0 Å². The maximum absolute atomic E-state index is 12.7. The average molecular weight is 330 g/mol. The summed E-state index contributed by atoms with van der Waals surface area (Å²) < 4.78 is 5.79. The number of carbonyl (C=O) groups is 2. The summed E-state index contributed by atoms with van der Waals surface area (Å²) in [5, 5.41) is 10.4. The third-order valence-electron chi connectivity index (χ3n) is 4.50. The lowest BCUT2D eigenvalue weighted by Gasteiger charge is -2.36. The van der Waals surface area contributed by atoms with Crippen molar-refractivity contribution in [3.05, 3.63) is 36.1 Å². The highest BCUT2D eigenvalue weighted by Crippen LogP contribution is 2.26. The highest BCUT2D eigenvalue weighted by Gasteiger charge is 2.30. The molecule has 0 spiro atoms. The number of hydrogen-bond donors (Lipinski definition) is 1. The summed E-state index contributed by atoms with van der Waals surface area (Å²) in [6.07, 6.45) is -0.998. The molecular weight excluding hydrogens is 308 g/mol. The first kappa shape index (κ1) is 16.5. The van der Waals surface area contributed by atoms with Gasteiger partial charge in [-0.15, -0.1) is 0 Å². The quantitative estimate of drug-likeness (QED) is 0.927. The Balaban J connectivity index is 1.65. The fraction of sp³-hybridized carbons (Fsp3) is 0.444. The molecule has 1 saturated heterocycles. The van der Waals surface area contributed by atoms with Gasteiger partial charge < -0.3 is 19.3 Å². The van der Waals surface area contributed by atoms with Crippen LogP contribution in [0.5, 0.6) is 0 Å². The fourth-order valence-corrected chi connectivity index (χ4v) is 3.02. The molecule has 2 heterocycles. The number of rotatable bonds is 3. The summed E-state index contributed by atoms with van der Waals surface area (Å²) in [6.45, 7) is 5.14. The molecule has 128 valence electrons. The van der Waals surface area contributed by atoms with Gasteiger partial charge in [0.05, 0.1) is 5.92 Å². The van der Waals surface area contributed by atoms with Crippen molar-refractivity contribution in [2.75, 3.05) is 26.2 Å². The molecule has 2 amide bonds. The highest BCUT2D eigenvalue weighted by molar-refractivity contribution is 5.86. The molecule has 6 heteroatoms. The molecule has 1 aromatic carbocycles. The Morgan fingerprint density at radius 2 is 1.62 bits per heavy atom. The Hall–Kier alpha value is -2.34. The van der Waals surface area contributed by atoms with E-state index in [0.29, 0.717) is 31.9 Å². The van der Waals surface area contributed by atoms with E-state index in [1.165, 1.54) is 6.92 Å². The summed E-state index contributed by atoms with van der Waals surface area (Å²) >= 11 is 0. The Bertz CT molecular complexity index is 711. The van der Waals surface area contributed by atoms with Crippen LogP contribution < -0.4 is 0 Å². The summed E-state index contributed by atoms with van der Waals surface area (Å²) in [7, 11) is 0. The van der Waals surface area contributed by atoms with Crippen molar-refractivity contribution >= 4 is 22.8 Å². The largest absolute Gasteiger partial charge is 0.460 e. The molecule has 0 bridgehead atoms. The molecule has 0 saturated carbocycles. The van der Waals surface area contributed by atoms with Gasteiger partial charge >= 0.3 is 0 Å². The summed E-state index contributed by atoms with van der Waals surface area (Å²) in [4.78, 5) is 27.8. The zero-order chi connectivity index (χ0) is 17.3. The number of benzene rings is 1. The lowest BCUT2D eigenvalue weighted by molar-refractivity contribution is -0.145. The highest BCUT2D eigenvalue weighted by atomic mass is 16.3. The Kier molecular flexibility index (Phi) is 4.57. The van der Waals surface area contributed by atoms with Crippen molar-refractivity contribution in [3.8, 4) is 0 Å². The Morgan fingerprint density at radius 1 is 1.04 bits per heavy atom. The van der Waals surface area contributed by atoms with Gasteiger partial charge in [0.2, 0.25) is 5.91 Å². The summed E-state index contributed by atoms with van der Waals surface area (Å²) in [5.74, 6) is 0.00531. The minimum absolute atomic E-state index is 0.00166. The number of aliphatic hydroxyl groups is 1. The molecule has 3 rings (SSSR count). The number of carbonyl (C=O) groups excluding carboxylic acids is 2. The number of para-hydroxylation sites is 1. The van der Waals surface area contributed by atoms with Crippen LogP contribution in [0.3, 0.4) is 0 Å². The third kappa shape index (κ3) is 3.14. The molecule has 1 aromatic heterocycles.